The number of benzene rings is 1. The van der Waals surface area contributed by atoms with Crippen molar-refractivity contribution >= 4 is 22.9 Å². The summed E-state index contributed by atoms with van der Waals surface area (Å²) in [7, 11) is 0. The fourth-order valence-electron chi connectivity index (χ4n) is 2.36. The largest absolute Gasteiger partial charge is 0.383 e. The minimum atomic E-state index is -0.830. The Morgan fingerprint density at radius 3 is 2.89 bits per heavy atom. The van der Waals surface area contributed by atoms with Gasteiger partial charge in [-0.05, 0) is 49.1 Å². The lowest BCUT2D eigenvalue weighted by molar-refractivity contribution is 0.223. The van der Waals surface area contributed by atoms with Crippen LogP contribution in [0.25, 0.3) is 0 Å². The van der Waals surface area contributed by atoms with E-state index < -0.39 is 6.10 Å². The van der Waals surface area contributed by atoms with Crippen LogP contribution in [-0.4, -0.2) is 5.11 Å². The Balaban J connectivity index is 1.98. The lowest BCUT2D eigenvalue weighted by atomic mass is 10.1. The molecular weight excluding hydrogens is 271 g/mol. The standard InChI is InChI=1S/C14H12ClFOS/c15-11-5-4-9(16)7-10(11)14(17)13-6-8-2-1-3-12(8)18-13/h4-7,14,17H,1-3H2. The predicted molar refractivity (Wildman–Crippen MR) is 71.8 cm³/mol. The zero-order valence-electron chi connectivity index (χ0n) is 9.62. The molecule has 0 fully saturated rings. The second-order valence-corrected chi connectivity index (χ2v) is 6.09. The van der Waals surface area contributed by atoms with Gasteiger partial charge in [-0.3, -0.25) is 0 Å². The van der Waals surface area contributed by atoms with Gasteiger partial charge in [-0.25, -0.2) is 4.39 Å². The molecule has 0 bridgehead atoms. The molecule has 18 heavy (non-hydrogen) atoms. The summed E-state index contributed by atoms with van der Waals surface area (Å²) in [5.74, 6) is -0.377. The number of aryl methyl sites for hydroxylation is 2. The minimum absolute atomic E-state index is 0.377. The molecule has 0 spiro atoms. The van der Waals surface area contributed by atoms with Crippen LogP contribution in [0.1, 0.15) is 33.4 Å². The molecule has 2 aromatic rings. The Hall–Kier alpha value is -0.900. The first kappa shape index (κ1) is 12.2. The van der Waals surface area contributed by atoms with Gasteiger partial charge in [0, 0.05) is 20.3 Å². The minimum Gasteiger partial charge on any atom is -0.383 e. The van der Waals surface area contributed by atoms with Crippen LogP contribution in [0, 0.1) is 5.82 Å². The average Bonchev–Trinajstić information content (AvgIpc) is 2.91. The highest BCUT2D eigenvalue weighted by atomic mass is 35.5. The van der Waals surface area contributed by atoms with E-state index in [-0.39, 0.29) is 5.82 Å². The SMILES string of the molecule is OC(c1cc2c(s1)CCC2)c1cc(F)ccc1Cl. The van der Waals surface area contributed by atoms with Crippen LogP contribution in [0.15, 0.2) is 24.3 Å². The molecule has 1 N–H and O–H groups in total. The van der Waals surface area contributed by atoms with Crippen molar-refractivity contribution in [1.29, 1.82) is 0 Å². The summed E-state index contributed by atoms with van der Waals surface area (Å²) in [6, 6.07) is 6.11. The smallest absolute Gasteiger partial charge is 0.123 e. The summed E-state index contributed by atoms with van der Waals surface area (Å²) in [5, 5.41) is 10.7. The number of aliphatic hydroxyl groups is 1. The topological polar surface area (TPSA) is 20.2 Å². The van der Waals surface area contributed by atoms with Crippen molar-refractivity contribution in [2.24, 2.45) is 0 Å². The molecule has 1 nitrogen and oxygen atoms in total. The zero-order valence-corrected chi connectivity index (χ0v) is 11.2. The Labute approximate surface area is 114 Å². The fraction of sp³-hybridized carbons (Fsp3) is 0.286. The number of hydrogen-bond donors (Lipinski definition) is 1. The fourth-order valence-corrected chi connectivity index (χ4v) is 3.85. The van der Waals surface area contributed by atoms with E-state index in [2.05, 4.69) is 0 Å². The molecule has 1 heterocycles. The highest BCUT2D eigenvalue weighted by Crippen LogP contribution is 2.37. The Morgan fingerprint density at radius 1 is 1.28 bits per heavy atom. The quantitative estimate of drug-likeness (QED) is 0.879. The van der Waals surface area contributed by atoms with Gasteiger partial charge in [0.1, 0.15) is 11.9 Å². The summed E-state index contributed by atoms with van der Waals surface area (Å²) in [5.41, 5.74) is 1.76. The summed E-state index contributed by atoms with van der Waals surface area (Å²) in [6.07, 6.45) is 2.53. The van der Waals surface area contributed by atoms with Crippen molar-refractivity contribution < 1.29 is 9.50 Å². The summed E-state index contributed by atoms with van der Waals surface area (Å²) in [4.78, 5) is 2.20. The molecule has 3 rings (SSSR count). The maximum absolute atomic E-state index is 13.2. The molecule has 1 aromatic heterocycles. The molecule has 0 amide bonds. The first-order chi connectivity index (χ1) is 8.65. The van der Waals surface area contributed by atoms with Gasteiger partial charge in [-0.2, -0.15) is 0 Å². The van der Waals surface area contributed by atoms with Gasteiger partial charge in [-0.15, -0.1) is 11.3 Å². The van der Waals surface area contributed by atoms with Crippen molar-refractivity contribution in [3.05, 3.63) is 56.0 Å². The lowest BCUT2D eigenvalue weighted by Gasteiger charge is -2.11. The van der Waals surface area contributed by atoms with E-state index in [4.69, 9.17) is 11.6 Å². The number of hydrogen-bond acceptors (Lipinski definition) is 2. The van der Waals surface area contributed by atoms with Gasteiger partial charge in [0.25, 0.3) is 0 Å². The van der Waals surface area contributed by atoms with Gasteiger partial charge in [0.05, 0.1) is 0 Å². The van der Waals surface area contributed by atoms with Crippen LogP contribution in [0.4, 0.5) is 4.39 Å². The first-order valence-electron chi connectivity index (χ1n) is 5.89. The lowest BCUT2D eigenvalue weighted by Crippen LogP contribution is -1.99. The average molecular weight is 283 g/mol. The molecule has 1 atom stereocenters. The maximum Gasteiger partial charge on any atom is 0.123 e. The highest BCUT2D eigenvalue weighted by Gasteiger charge is 2.21. The van der Waals surface area contributed by atoms with Crippen LogP contribution in [0.5, 0.6) is 0 Å². The van der Waals surface area contributed by atoms with E-state index in [1.807, 2.05) is 6.07 Å². The predicted octanol–water partition coefficient (Wildman–Crippen LogP) is 4.11. The van der Waals surface area contributed by atoms with Crippen molar-refractivity contribution in [2.75, 3.05) is 0 Å². The van der Waals surface area contributed by atoms with Gasteiger partial charge in [0.2, 0.25) is 0 Å². The Kier molecular flexibility index (Phi) is 3.14. The molecule has 4 heteroatoms. The number of fused-ring (bicyclic) bond motifs is 1. The number of aliphatic hydroxyl groups excluding tert-OH is 1. The molecular formula is C14H12ClFOS. The monoisotopic (exact) mass is 282 g/mol. The van der Waals surface area contributed by atoms with Gasteiger partial charge in [0.15, 0.2) is 0 Å². The summed E-state index contributed by atoms with van der Waals surface area (Å²) >= 11 is 7.62. The van der Waals surface area contributed by atoms with Crippen molar-refractivity contribution in [3.63, 3.8) is 0 Å². The Bertz CT molecular complexity index is 572. The molecule has 1 aliphatic rings. The molecule has 1 aromatic carbocycles. The normalized spacial score (nSPS) is 15.7. The van der Waals surface area contributed by atoms with E-state index in [0.29, 0.717) is 10.6 Å². The van der Waals surface area contributed by atoms with E-state index in [1.165, 1.54) is 35.1 Å². The van der Waals surface area contributed by atoms with Crippen LogP contribution < -0.4 is 0 Å². The first-order valence-corrected chi connectivity index (χ1v) is 7.09. The highest BCUT2D eigenvalue weighted by molar-refractivity contribution is 7.12. The molecule has 0 radical (unpaired) electrons. The van der Waals surface area contributed by atoms with E-state index in [9.17, 15) is 9.50 Å². The zero-order chi connectivity index (χ0) is 12.7. The molecule has 0 aliphatic heterocycles. The van der Waals surface area contributed by atoms with Gasteiger partial charge in [-0.1, -0.05) is 11.6 Å². The van der Waals surface area contributed by atoms with E-state index in [0.717, 1.165) is 17.7 Å². The third-order valence-corrected chi connectivity index (χ3v) is 4.92. The van der Waals surface area contributed by atoms with E-state index >= 15 is 0 Å². The molecule has 0 saturated heterocycles. The van der Waals surface area contributed by atoms with Crippen molar-refractivity contribution in [2.45, 2.75) is 25.4 Å². The number of rotatable bonds is 2. The molecule has 0 saturated carbocycles. The van der Waals surface area contributed by atoms with Crippen LogP contribution in [0.2, 0.25) is 5.02 Å². The Morgan fingerprint density at radius 2 is 2.11 bits per heavy atom. The van der Waals surface area contributed by atoms with Crippen molar-refractivity contribution in [1.82, 2.24) is 0 Å². The van der Waals surface area contributed by atoms with Crippen molar-refractivity contribution in [3.8, 4) is 0 Å². The third-order valence-electron chi connectivity index (χ3n) is 3.29. The maximum atomic E-state index is 13.2. The summed E-state index contributed by atoms with van der Waals surface area (Å²) < 4.78 is 13.2. The molecule has 1 aliphatic carbocycles. The van der Waals surface area contributed by atoms with Crippen LogP contribution >= 0.6 is 22.9 Å². The summed E-state index contributed by atoms with van der Waals surface area (Å²) in [6.45, 7) is 0. The van der Waals surface area contributed by atoms with Crippen LogP contribution in [-0.2, 0) is 12.8 Å². The number of halogens is 2. The van der Waals surface area contributed by atoms with Gasteiger partial charge < -0.3 is 5.11 Å². The van der Waals surface area contributed by atoms with Crippen LogP contribution in [0.3, 0.4) is 0 Å². The second-order valence-electron chi connectivity index (χ2n) is 4.52. The third kappa shape index (κ3) is 2.07. The van der Waals surface area contributed by atoms with E-state index in [1.54, 1.807) is 11.3 Å². The number of thiophene rings is 1. The van der Waals surface area contributed by atoms with Gasteiger partial charge >= 0.3 is 0 Å². The molecule has 94 valence electrons. The molecule has 1 unspecified atom stereocenters. The second kappa shape index (κ2) is 4.65.